The van der Waals surface area contributed by atoms with Crippen LogP contribution in [0.25, 0.3) is 0 Å². The van der Waals surface area contributed by atoms with Gasteiger partial charge in [-0.3, -0.25) is 9.52 Å². The lowest BCUT2D eigenvalue weighted by Gasteiger charge is -2.70. The Morgan fingerprint density at radius 1 is 0.861 bits per heavy atom. The molecule has 3 aliphatic carbocycles. The zero-order valence-corrected chi connectivity index (χ0v) is 19.9. The van der Waals surface area contributed by atoms with Gasteiger partial charge >= 0.3 is 12.4 Å². The molecule has 3 saturated carbocycles. The van der Waals surface area contributed by atoms with Gasteiger partial charge in [-0.2, -0.15) is 26.3 Å². The molecule has 2 N–H and O–H groups in total. The molecule has 0 radical (unpaired) electrons. The third-order valence-electron chi connectivity index (χ3n) is 6.41. The van der Waals surface area contributed by atoms with Crippen LogP contribution in [0.4, 0.5) is 32.0 Å². The van der Waals surface area contributed by atoms with E-state index in [1.165, 1.54) is 0 Å². The molecule has 5 rings (SSSR count). The van der Waals surface area contributed by atoms with Gasteiger partial charge in [0.25, 0.3) is 15.9 Å². The van der Waals surface area contributed by atoms with Crippen LogP contribution in [0.15, 0.2) is 52.3 Å². The van der Waals surface area contributed by atoms with E-state index < -0.39 is 90.0 Å². The first kappa shape index (κ1) is 26.3. The minimum Gasteiger partial charge on any atom is -0.346 e. The Labute approximate surface area is 201 Å². The van der Waals surface area contributed by atoms with Crippen LogP contribution in [0.5, 0.6) is 0 Å². The van der Waals surface area contributed by atoms with Crippen molar-refractivity contribution >= 4 is 31.5 Å². The largest absolute Gasteiger partial charge is 0.416 e. The summed E-state index contributed by atoms with van der Waals surface area (Å²) >= 11 is 0. The summed E-state index contributed by atoms with van der Waals surface area (Å²) in [6.07, 6.45) is -9.69. The van der Waals surface area contributed by atoms with Gasteiger partial charge in [0.05, 0.1) is 32.0 Å². The van der Waals surface area contributed by atoms with Gasteiger partial charge in [0.1, 0.15) is 0 Å². The van der Waals surface area contributed by atoms with E-state index in [1.807, 2.05) is 4.72 Å². The van der Waals surface area contributed by atoms with Crippen LogP contribution in [0.3, 0.4) is 0 Å². The third kappa shape index (κ3) is 4.53. The molecule has 15 heteroatoms. The van der Waals surface area contributed by atoms with E-state index in [-0.39, 0.29) is 4.90 Å². The van der Waals surface area contributed by atoms with Gasteiger partial charge in [-0.25, -0.2) is 16.8 Å². The second-order valence-electron chi connectivity index (χ2n) is 9.15. The monoisotopic (exact) mass is 556 g/mol. The molecule has 196 valence electrons. The van der Waals surface area contributed by atoms with Gasteiger partial charge < -0.3 is 5.32 Å². The average Bonchev–Trinajstić information content (AvgIpc) is 2.67. The molecule has 0 heterocycles. The van der Waals surface area contributed by atoms with E-state index in [0.29, 0.717) is 12.1 Å². The van der Waals surface area contributed by atoms with E-state index >= 15 is 0 Å². The molecule has 1 amide bonds. The maximum atomic E-state index is 13.3. The molecule has 36 heavy (non-hydrogen) atoms. The lowest BCUT2D eigenvalue weighted by molar-refractivity contribution is -0.336. The first-order chi connectivity index (χ1) is 16.3. The first-order valence-corrected chi connectivity index (χ1v) is 13.6. The number of alkyl halides is 6. The van der Waals surface area contributed by atoms with E-state index in [9.17, 15) is 48.0 Å². The molecule has 3 fully saturated rings. The summed E-state index contributed by atoms with van der Waals surface area (Å²) in [5, 5.41) is 2.33. The van der Waals surface area contributed by atoms with Gasteiger partial charge in [-0.05, 0) is 61.7 Å². The van der Waals surface area contributed by atoms with Gasteiger partial charge in [0.15, 0.2) is 9.84 Å². The number of hydrogen-bond acceptors (Lipinski definition) is 5. The van der Waals surface area contributed by atoms with Crippen LogP contribution in [0, 0.1) is 5.41 Å². The van der Waals surface area contributed by atoms with E-state index in [4.69, 9.17) is 0 Å². The summed E-state index contributed by atoms with van der Waals surface area (Å²) in [6, 6.07) is 5.63. The van der Waals surface area contributed by atoms with Crippen LogP contribution in [0.1, 0.15) is 35.2 Å². The maximum absolute atomic E-state index is 13.3. The van der Waals surface area contributed by atoms with Crippen molar-refractivity contribution in [2.45, 2.75) is 46.9 Å². The Kier molecular flexibility index (Phi) is 5.72. The van der Waals surface area contributed by atoms with Crippen LogP contribution in [0.2, 0.25) is 0 Å². The van der Waals surface area contributed by atoms with Crippen LogP contribution >= 0.6 is 0 Å². The smallest absolute Gasteiger partial charge is 0.346 e. The number of amides is 1. The molecular weight excluding hydrogens is 538 g/mol. The SMILES string of the molecule is CS(=O)(=O)c1ccc(S(=O)(=O)Nc2ccc(C(F)(F)F)cc2C(=O)NC23CC(C(F)(F)F)(C2)C3)cc1. The van der Waals surface area contributed by atoms with E-state index in [1.54, 1.807) is 0 Å². The predicted molar refractivity (Wildman–Crippen MR) is 114 cm³/mol. The number of halogens is 6. The molecule has 2 aromatic rings. The summed E-state index contributed by atoms with van der Waals surface area (Å²) in [4.78, 5) is 12.2. The number of carbonyl (C=O) groups excluding carboxylic acids is 1. The Hall–Kier alpha value is -2.81. The molecule has 0 atom stereocenters. The maximum Gasteiger partial charge on any atom is 0.416 e. The summed E-state index contributed by atoms with van der Waals surface area (Å²) < 4.78 is 130. The normalized spacial score (nSPS) is 23.9. The van der Waals surface area contributed by atoms with Gasteiger partial charge in [-0.15, -0.1) is 0 Å². The van der Waals surface area contributed by atoms with Crippen molar-refractivity contribution in [3.63, 3.8) is 0 Å². The first-order valence-electron chi connectivity index (χ1n) is 10.2. The van der Waals surface area contributed by atoms with Crippen molar-refractivity contribution in [3.8, 4) is 0 Å². The highest BCUT2D eigenvalue weighted by Gasteiger charge is 2.79. The Bertz CT molecular complexity index is 1430. The predicted octanol–water partition coefficient (Wildman–Crippen LogP) is 4.12. The highest BCUT2D eigenvalue weighted by Crippen LogP contribution is 2.73. The fourth-order valence-electron chi connectivity index (χ4n) is 4.60. The zero-order chi connectivity index (χ0) is 26.9. The zero-order valence-electron chi connectivity index (χ0n) is 18.3. The lowest BCUT2D eigenvalue weighted by Crippen LogP contribution is -2.78. The Balaban J connectivity index is 1.62. The number of benzene rings is 2. The lowest BCUT2D eigenvalue weighted by atomic mass is 9.39. The molecule has 0 aromatic heterocycles. The van der Waals surface area contributed by atoms with Crippen molar-refractivity contribution in [2.75, 3.05) is 11.0 Å². The summed E-state index contributed by atoms with van der Waals surface area (Å²) in [5.41, 5.74) is -5.68. The Morgan fingerprint density at radius 3 is 1.86 bits per heavy atom. The van der Waals surface area contributed by atoms with E-state index in [2.05, 4.69) is 5.32 Å². The fraction of sp³-hybridized carbons (Fsp3) is 0.381. The summed E-state index contributed by atoms with van der Waals surface area (Å²) in [7, 11) is -8.12. The van der Waals surface area contributed by atoms with Crippen molar-refractivity contribution in [1.29, 1.82) is 0 Å². The molecule has 0 unspecified atom stereocenters. The van der Waals surface area contributed by atoms with Gasteiger partial charge in [0.2, 0.25) is 0 Å². The molecule has 0 aliphatic heterocycles. The van der Waals surface area contributed by atoms with Crippen molar-refractivity contribution in [1.82, 2.24) is 5.32 Å². The molecule has 0 spiro atoms. The third-order valence-corrected chi connectivity index (χ3v) is 8.92. The minimum atomic E-state index is -4.88. The van der Waals surface area contributed by atoms with Crippen molar-refractivity contribution in [3.05, 3.63) is 53.6 Å². The second-order valence-corrected chi connectivity index (χ2v) is 12.8. The van der Waals surface area contributed by atoms with Crippen LogP contribution in [-0.2, 0) is 26.0 Å². The number of anilines is 1. The molecule has 7 nitrogen and oxygen atoms in total. The number of sulfonamides is 1. The van der Waals surface area contributed by atoms with Crippen molar-refractivity contribution < 1.29 is 48.0 Å². The van der Waals surface area contributed by atoms with Crippen LogP contribution < -0.4 is 10.0 Å². The average molecular weight is 557 g/mol. The minimum absolute atomic E-state index is 0.175. The number of nitrogens with one attached hydrogen (secondary N) is 2. The summed E-state index contributed by atoms with van der Waals surface area (Å²) in [6.45, 7) is 0. The summed E-state index contributed by atoms with van der Waals surface area (Å²) in [5.74, 6) is -1.17. The molecule has 3 aliphatic rings. The molecule has 2 aromatic carbocycles. The highest BCUT2D eigenvalue weighted by atomic mass is 32.2. The molecule has 0 saturated heterocycles. The number of rotatable bonds is 6. The van der Waals surface area contributed by atoms with Crippen molar-refractivity contribution in [2.24, 2.45) is 5.41 Å². The fourth-order valence-corrected chi connectivity index (χ4v) is 6.31. The standard InChI is InChI=1S/C21H18F6N2O5S2/c1-35(31,32)13-3-5-14(6-4-13)36(33,34)29-16-7-2-12(20(22,23)24)8-15(16)17(30)28-19-9-18(10-19,11-19)21(25,26)27/h2-8,29H,9-11H2,1H3,(H,28,30). The number of sulfone groups is 1. The van der Waals surface area contributed by atoms with Gasteiger partial charge in [-0.1, -0.05) is 0 Å². The van der Waals surface area contributed by atoms with Crippen LogP contribution in [-0.4, -0.2) is 40.7 Å². The highest BCUT2D eigenvalue weighted by molar-refractivity contribution is 7.92. The van der Waals surface area contributed by atoms with Gasteiger partial charge in [0, 0.05) is 11.8 Å². The number of hydrogen-bond donors (Lipinski definition) is 2. The molecular formula is C21H18F6N2O5S2. The number of carbonyl (C=O) groups is 1. The second kappa shape index (κ2) is 7.84. The molecule has 2 bridgehead atoms. The van der Waals surface area contributed by atoms with E-state index in [0.717, 1.165) is 36.6 Å². The quantitative estimate of drug-likeness (QED) is 0.521. The Morgan fingerprint density at radius 2 is 1.39 bits per heavy atom. The topological polar surface area (TPSA) is 109 Å².